The Morgan fingerprint density at radius 1 is 0.188 bits per heavy atom. The van der Waals surface area contributed by atoms with Gasteiger partial charge >= 0.3 is 142 Å². The molecule has 0 saturated heterocycles. The molecule has 80 valence electrons. The van der Waals surface area contributed by atoms with Gasteiger partial charge in [-0.3, -0.25) is 0 Å². The maximum absolute atomic E-state index is 0. The summed E-state index contributed by atoms with van der Waals surface area (Å²) in [4.78, 5) is 0. The minimum Gasteiger partial charge on any atom is -3.00 e. The number of rotatable bonds is 0. The Balaban J connectivity index is 0. The van der Waals surface area contributed by atoms with Gasteiger partial charge in [0.15, 0.2) is 0 Å². The molecule has 0 aromatic heterocycles. The molecule has 16 heavy (non-hydrogen) atoms. The quantitative estimate of drug-likeness (QED) is 0.338. The summed E-state index contributed by atoms with van der Waals surface area (Å²) in [5.41, 5.74) is 0. The Morgan fingerprint density at radius 2 is 0.188 bits per heavy atom. The van der Waals surface area contributed by atoms with Crippen molar-refractivity contribution in [2.24, 2.45) is 0 Å². The van der Waals surface area contributed by atoms with Crippen molar-refractivity contribution >= 4 is 0 Å². The average molecular weight is 965 g/mol. The van der Waals surface area contributed by atoms with E-state index in [9.17, 15) is 0 Å². The van der Waals surface area contributed by atoms with Crippen LogP contribution >= 0.6 is 0 Å². The zero-order valence-electron chi connectivity index (χ0n) is 7.20. The minimum atomic E-state index is 0. The summed E-state index contributed by atoms with van der Waals surface area (Å²) in [6.45, 7) is 0. The third-order valence-electron chi connectivity index (χ3n) is 0. The third-order valence-corrected chi connectivity index (χ3v) is 0. The summed E-state index contributed by atoms with van der Waals surface area (Å²) in [5.74, 6) is 0. The summed E-state index contributed by atoms with van der Waals surface area (Å²) in [6, 6.07) is 0. The Hall–Kier alpha value is 4.31. The SMILES string of the molecule is [N-3].[N-3].[N-3].[N-3].[N-3].[N-3].[N-3].[N-3].[N-3].[N-3].[W+6].[W+6].[W+6].[Zr+4].[Zr+4].[Zr+4]. The maximum atomic E-state index is 0. The van der Waals surface area contributed by atoms with Crippen molar-refractivity contribution in [3.8, 4) is 0 Å². The second kappa shape index (κ2) is 348. The molecule has 10 nitrogen and oxygen atoms in total. The van der Waals surface area contributed by atoms with E-state index in [0.717, 1.165) is 0 Å². The molecular weight excluding hydrogens is 965 g/mol. The molecule has 0 bridgehead atoms. The molecular formula is N10W3Zr3. The van der Waals surface area contributed by atoms with Crippen molar-refractivity contribution < 1.29 is 142 Å². The number of hydrogen-bond acceptors (Lipinski definition) is 0. The molecule has 0 saturated carbocycles. The molecule has 0 aliphatic rings. The molecule has 0 fully saturated rings. The van der Waals surface area contributed by atoms with E-state index < -0.39 is 0 Å². The molecule has 0 spiro atoms. The maximum Gasteiger partial charge on any atom is 6.00 e. The van der Waals surface area contributed by atoms with Gasteiger partial charge in [0, 0.05) is 0 Å². The van der Waals surface area contributed by atoms with E-state index in [0.29, 0.717) is 0 Å². The van der Waals surface area contributed by atoms with Crippen molar-refractivity contribution in [2.75, 3.05) is 0 Å². The standard InChI is InChI=1S/10N.3W.3Zr/q10*-3;3*+6;3*+4. The molecule has 0 aliphatic carbocycles. The fraction of sp³-hybridized carbons (Fsp3) is 0. The number of hydrogen-bond donors (Lipinski definition) is 0. The van der Waals surface area contributed by atoms with Crippen molar-refractivity contribution in [3.63, 3.8) is 0 Å². The van der Waals surface area contributed by atoms with E-state index >= 15 is 0 Å². The smallest absolute Gasteiger partial charge is 3.00 e. The monoisotopic (exact) mass is 962 g/mol. The first-order valence-electron chi connectivity index (χ1n) is 0. The minimum absolute atomic E-state index is 0. The molecule has 0 aliphatic heterocycles. The molecule has 0 atom stereocenters. The molecule has 0 aromatic carbocycles. The predicted octanol–water partition coefficient (Wildman–Crippen LogP) is 2.87. The van der Waals surface area contributed by atoms with E-state index in [-0.39, 0.29) is 203 Å². The Labute approximate surface area is 200 Å². The fourth-order valence-corrected chi connectivity index (χ4v) is 0. The average Bonchev–Trinajstić information content (AvgIpc) is 0. The van der Waals surface area contributed by atoms with Crippen molar-refractivity contribution in [2.45, 2.75) is 0 Å². The van der Waals surface area contributed by atoms with Crippen LogP contribution in [0.5, 0.6) is 0 Å². The van der Waals surface area contributed by atoms with Crippen LogP contribution in [-0.4, -0.2) is 0 Å². The topological polar surface area (TPSA) is 305 Å². The zero-order chi connectivity index (χ0) is 0. The van der Waals surface area contributed by atoms with Crippen LogP contribution in [0.3, 0.4) is 0 Å². The molecule has 16 heteroatoms. The van der Waals surface area contributed by atoms with Crippen molar-refractivity contribution in [3.05, 3.63) is 61.5 Å². The summed E-state index contributed by atoms with van der Waals surface area (Å²) >= 11 is 0. The zero-order valence-corrected chi connectivity index (χ0v) is 23.4. The first kappa shape index (κ1) is 407. The van der Waals surface area contributed by atoms with Crippen LogP contribution in [0.2, 0.25) is 0 Å². The van der Waals surface area contributed by atoms with Crippen LogP contribution in [0.1, 0.15) is 0 Å². The molecule has 0 amide bonds. The number of nitrogens with zero attached hydrogens (tertiary/aromatic N) is 10. The summed E-state index contributed by atoms with van der Waals surface area (Å²) in [6.07, 6.45) is 0. The van der Waals surface area contributed by atoms with Crippen LogP contribution in [-0.2, 0) is 142 Å². The van der Waals surface area contributed by atoms with E-state index in [2.05, 4.69) is 0 Å². The Bertz CT molecular complexity index is 21.3. The van der Waals surface area contributed by atoms with Crippen molar-refractivity contribution in [1.82, 2.24) is 0 Å². The van der Waals surface area contributed by atoms with E-state index in [1.807, 2.05) is 0 Å². The van der Waals surface area contributed by atoms with Crippen LogP contribution < -0.4 is 0 Å². The summed E-state index contributed by atoms with van der Waals surface area (Å²) in [5, 5.41) is 0. The van der Waals surface area contributed by atoms with Gasteiger partial charge in [0.2, 0.25) is 0 Å². The van der Waals surface area contributed by atoms with Crippen LogP contribution in [0, 0.1) is 0 Å². The molecule has 0 unspecified atom stereocenters. The molecule has 0 N–H and O–H groups in total. The van der Waals surface area contributed by atoms with E-state index in [4.69, 9.17) is 0 Å². The van der Waals surface area contributed by atoms with Crippen LogP contribution in [0.15, 0.2) is 0 Å². The van der Waals surface area contributed by atoms with Gasteiger partial charge in [0.05, 0.1) is 0 Å². The Kier molecular flexibility index (Phi) is 8860. The normalized spacial score (nSPS) is 0. The van der Waals surface area contributed by atoms with Crippen molar-refractivity contribution in [1.29, 1.82) is 0 Å². The largest absolute Gasteiger partial charge is 6.00 e. The second-order valence-corrected chi connectivity index (χ2v) is 0. The fourth-order valence-electron chi connectivity index (χ4n) is 0. The summed E-state index contributed by atoms with van der Waals surface area (Å²) < 4.78 is 0. The van der Waals surface area contributed by atoms with Gasteiger partial charge in [-0.1, -0.05) is 0 Å². The first-order valence-corrected chi connectivity index (χ1v) is 0. The van der Waals surface area contributed by atoms with E-state index in [1.165, 1.54) is 0 Å². The summed E-state index contributed by atoms with van der Waals surface area (Å²) in [7, 11) is 0. The van der Waals surface area contributed by atoms with Crippen LogP contribution in [0.4, 0.5) is 0 Å². The van der Waals surface area contributed by atoms with Gasteiger partial charge in [0.1, 0.15) is 0 Å². The third kappa shape index (κ3) is 295. The molecule has 0 aromatic rings. The van der Waals surface area contributed by atoms with Gasteiger partial charge < -0.3 is 61.5 Å². The first-order chi connectivity index (χ1) is 0. The van der Waals surface area contributed by atoms with Gasteiger partial charge in [0.25, 0.3) is 0 Å². The van der Waals surface area contributed by atoms with Gasteiger partial charge in [-0.15, -0.1) is 0 Å². The molecule has 0 rings (SSSR count). The van der Waals surface area contributed by atoms with Gasteiger partial charge in [-0.2, -0.15) is 0 Å². The van der Waals surface area contributed by atoms with Crippen LogP contribution in [0.25, 0.3) is 61.5 Å². The Morgan fingerprint density at radius 3 is 0.188 bits per heavy atom. The molecule has 0 heterocycles. The predicted molar refractivity (Wildman–Crippen MR) is 33.6 cm³/mol. The van der Waals surface area contributed by atoms with Gasteiger partial charge in [-0.25, -0.2) is 0 Å². The second-order valence-electron chi connectivity index (χ2n) is 0. The molecule has 0 radical (unpaired) electrons. The van der Waals surface area contributed by atoms with Gasteiger partial charge in [-0.05, 0) is 0 Å². The van der Waals surface area contributed by atoms with E-state index in [1.54, 1.807) is 0 Å².